The molecule has 5 heteroatoms. The molecule has 4 N–H and O–H groups in total. The largest absolute Gasteiger partial charge is 0.295 e. The highest BCUT2D eigenvalue weighted by atomic mass is 32.1. The maximum atomic E-state index is 5.87. The lowest BCUT2D eigenvalue weighted by molar-refractivity contribution is 0.185. The Bertz CT molecular complexity index is 367. The van der Waals surface area contributed by atoms with Crippen LogP contribution in [0.4, 0.5) is 0 Å². The first kappa shape index (κ1) is 10.4. The third-order valence-corrected chi connectivity index (χ3v) is 2.88. The van der Waals surface area contributed by atoms with E-state index in [1.165, 1.54) is 5.56 Å². The fraction of sp³-hybridized carbons (Fsp3) is 0.300. The predicted molar refractivity (Wildman–Crippen MR) is 63.4 cm³/mol. The Morgan fingerprint density at radius 2 is 2.07 bits per heavy atom. The van der Waals surface area contributed by atoms with Crippen LogP contribution in [0.5, 0.6) is 0 Å². The Morgan fingerprint density at radius 3 is 2.60 bits per heavy atom. The van der Waals surface area contributed by atoms with Crippen molar-refractivity contribution >= 4 is 17.3 Å². The molecule has 1 aromatic carbocycles. The number of thiocarbonyl (C=S) groups is 1. The van der Waals surface area contributed by atoms with Gasteiger partial charge >= 0.3 is 0 Å². The van der Waals surface area contributed by atoms with E-state index in [0.29, 0.717) is 5.11 Å². The van der Waals surface area contributed by atoms with E-state index >= 15 is 0 Å². The van der Waals surface area contributed by atoms with Gasteiger partial charge < -0.3 is 0 Å². The summed E-state index contributed by atoms with van der Waals surface area (Å²) in [5.41, 5.74) is 6.81. The molecule has 2 rings (SSSR count). The molecule has 1 aromatic rings. The third kappa shape index (κ3) is 1.94. The number of hydrogen-bond donors (Lipinski definition) is 3. The van der Waals surface area contributed by atoms with Gasteiger partial charge in [0.05, 0.1) is 0 Å². The molecule has 80 valence electrons. The minimum atomic E-state index is -0.363. The molecule has 1 atom stereocenters. The highest BCUT2D eigenvalue weighted by Gasteiger charge is 2.37. The molecule has 1 aliphatic heterocycles. The molecule has 15 heavy (non-hydrogen) atoms. The molecule has 0 amide bonds. The summed E-state index contributed by atoms with van der Waals surface area (Å²) in [6.07, 6.45) is 0.789. The van der Waals surface area contributed by atoms with E-state index in [4.69, 9.17) is 18.1 Å². The molecular formula is C10H14N4S. The predicted octanol–water partition coefficient (Wildman–Crippen LogP) is 0.514. The number of rotatable bonds is 2. The van der Waals surface area contributed by atoms with Gasteiger partial charge in [0.25, 0.3) is 0 Å². The SMILES string of the molecule is CC1(Cc2ccccc2)NNC(=S)N1N. The monoisotopic (exact) mass is 222 g/mol. The van der Waals surface area contributed by atoms with E-state index in [0.717, 1.165) is 6.42 Å². The number of nitrogens with zero attached hydrogens (tertiary/aromatic N) is 1. The Hall–Kier alpha value is -1.17. The summed E-state index contributed by atoms with van der Waals surface area (Å²) >= 11 is 5.03. The van der Waals surface area contributed by atoms with Crippen LogP contribution in [0.3, 0.4) is 0 Å². The average molecular weight is 222 g/mol. The summed E-state index contributed by atoms with van der Waals surface area (Å²) in [6, 6.07) is 10.2. The zero-order valence-electron chi connectivity index (χ0n) is 8.53. The smallest absolute Gasteiger partial charge is 0.199 e. The van der Waals surface area contributed by atoms with Crippen LogP contribution in [0, 0.1) is 0 Å². The number of hydrazine groups is 2. The second-order valence-corrected chi connectivity index (χ2v) is 4.25. The van der Waals surface area contributed by atoms with Crippen molar-refractivity contribution in [2.24, 2.45) is 5.84 Å². The molecule has 1 heterocycles. The van der Waals surface area contributed by atoms with Gasteiger partial charge in [0.15, 0.2) is 5.11 Å². The van der Waals surface area contributed by atoms with Crippen LogP contribution < -0.4 is 16.7 Å². The van der Waals surface area contributed by atoms with Crippen LogP contribution in [-0.4, -0.2) is 15.8 Å². The molecule has 0 radical (unpaired) electrons. The molecule has 4 nitrogen and oxygen atoms in total. The number of nitrogens with one attached hydrogen (secondary N) is 2. The van der Waals surface area contributed by atoms with Gasteiger partial charge in [0.2, 0.25) is 0 Å². The van der Waals surface area contributed by atoms with Crippen molar-refractivity contribution in [3.63, 3.8) is 0 Å². The summed E-state index contributed by atoms with van der Waals surface area (Å²) in [7, 11) is 0. The first-order valence-electron chi connectivity index (χ1n) is 4.78. The minimum Gasteiger partial charge on any atom is -0.295 e. The van der Waals surface area contributed by atoms with Crippen molar-refractivity contribution in [3.8, 4) is 0 Å². The number of nitrogens with two attached hydrogens (primary N) is 1. The molecule has 0 bridgehead atoms. The van der Waals surface area contributed by atoms with E-state index in [1.807, 2.05) is 25.1 Å². The lowest BCUT2D eigenvalue weighted by atomic mass is 10.0. The van der Waals surface area contributed by atoms with Crippen molar-refractivity contribution < 1.29 is 0 Å². The minimum absolute atomic E-state index is 0.363. The van der Waals surface area contributed by atoms with E-state index in [-0.39, 0.29) is 5.66 Å². The molecule has 0 aromatic heterocycles. The van der Waals surface area contributed by atoms with Crippen LogP contribution in [0.25, 0.3) is 0 Å². The molecule has 0 spiro atoms. The third-order valence-electron chi connectivity index (χ3n) is 2.58. The van der Waals surface area contributed by atoms with Gasteiger partial charge in [-0.2, -0.15) is 0 Å². The van der Waals surface area contributed by atoms with E-state index in [9.17, 15) is 0 Å². The highest BCUT2D eigenvalue weighted by Crippen LogP contribution is 2.18. The topological polar surface area (TPSA) is 53.3 Å². The normalized spacial score (nSPS) is 25.5. The first-order chi connectivity index (χ1) is 7.12. The Labute approximate surface area is 94.4 Å². The summed E-state index contributed by atoms with van der Waals surface area (Å²) in [4.78, 5) is 0. The van der Waals surface area contributed by atoms with E-state index in [2.05, 4.69) is 23.0 Å². The van der Waals surface area contributed by atoms with Crippen LogP contribution in [0.15, 0.2) is 30.3 Å². The summed E-state index contributed by atoms with van der Waals surface area (Å²) in [6.45, 7) is 2.01. The number of benzene rings is 1. The highest BCUT2D eigenvalue weighted by molar-refractivity contribution is 7.80. The van der Waals surface area contributed by atoms with Gasteiger partial charge in [0.1, 0.15) is 5.66 Å². The van der Waals surface area contributed by atoms with Crippen molar-refractivity contribution in [2.45, 2.75) is 19.0 Å². The second-order valence-electron chi connectivity index (χ2n) is 3.86. The van der Waals surface area contributed by atoms with Crippen molar-refractivity contribution in [3.05, 3.63) is 35.9 Å². The van der Waals surface area contributed by atoms with Crippen molar-refractivity contribution in [2.75, 3.05) is 0 Å². The van der Waals surface area contributed by atoms with Gasteiger partial charge in [0, 0.05) is 6.42 Å². The summed E-state index contributed by atoms with van der Waals surface area (Å²) < 4.78 is 0. The standard InChI is InChI=1S/C10H14N4S/c1-10(13-12-9(15)14(10)11)7-8-5-3-2-4-6-8/h2-6,13H,7,11H2,1H3,(H,12,15). The van der Waals surface area contributed by atoms with Gasteiger partial charge in [-0.25, -0.2) is 11.3 Å². The maximum Gasteiger partial charge on any atom is 0.199 e. The lowest BCUT2D eigenvalue weighted by Crippen LogP contribution is -2.54. The molecule has 1 aliphatic rings. The van der Waals surface area contributed by atoms with Crippen LogP contribution in [0.1, 0.15) is 12.5 Å². The Balaban J connectivity index is 2.15. The van der Waals surface area contributed by atoms with Crippen molar-refractivity contribution in [1.29, 1.82) is 0 Å². The lowest BCUT2D eigenvalue weighted by Gasteiger charge is -2.30. The van der Waals surface area contributed by atoms with E-state index in [1.54, 1.807) is 5.01 Å². The fourth-order valence-corrected chi connectivity index (χ4v) is 1.91. The molecule has 1 unspecified atom stereocenters. The maximum absolute atomic E-state index is 5.87. The van der Waals surface area contributed by atoms with Gasteiger partial charge in [-0.15, -0.1) is 0 Å². The molecular weight excluding hydrogens is 208 g/mol. The molecule has 1 saturated heterocycles. The Kier molecular flexibility index (Phi) is 2.60. The average Bonchev–Trinajstić information content (AvgIpc) is 2.48. The second kappa shape index (κ2) is 3.77. The summed E-state index contributed by atoms with van der Waals surface area (Å²) in [5.74, 6) is 5.87. The Morgan fingerprint density at radius 1 is 1.40 bits per heavy atom. The van der Waals surface area contributed by atoms with Crippen LogP contribution in [-0.2, 0) is 6.42 Å². The molecule has 0 aliphatic carbocycles. The van der Waals surface area contributed by atoms with Gasteiger partial charge in [-0.05, 0) is 24.7 Å². The zero-order chi connectivity index (χ0) is 10.9. The van der Waals surface area contributed by atoms with Gasteiger partial charge in [-0.1, -0.05) is 30.3 Å². The number of hydrogen-bond acceptors (Lipinski definition) is 3. The van der Waals surface area contributed by atoms with Crippen molar-refractivity contribution in [1.82, 2.24) is 15.9 Å². The van der Waals surface area contributed by atoms with Crippen LogP contribution in [0.2, 0.25) is 0 Å². The molecule has 0 saturated carbocycles. The first-order valence-corrected chi connectivity index (χ1v) is 5.19. The zero-order valence-corrected chi connectivity index (χ0v) is 9.34. The van der Waals surface area contributed by atoms with Crippen LogP contribution >= 0.6 is 12.2 Å². The fourth-order valence-electron chi connectivity index (χ4n) is 1.66. The molecule has 1 fully saturated rings. The summed E-state index contributed by atoms with van der Waals surface area (Å²) in [5, 5.41) is 2.07. The van der Waals surface area contributed by atoms with E-state index < -0.39 is 0 Å². The van der Waals surface area contributed by atoms with Gasteiger partial charge in [-0.3, -0.25) is 10.4 Å². The quantitative estimate of drug-likeness (QED) is 0.503.